The Morgan fingerprint density at radius 1 is 1.19 bits per heavy atom. The lowest BCUT2D eigenvalue weighted by atomic mass is 9.89. The number of fused-ring (bicyclic) bond motifs is 1. The summed E-state index contributed by atoms with van der Waals surface area (Å²) in [6.07, 6.45) is 3.93. The van der Waals surface area contributed by atoms with Crippen molar-refractivity contribution < 1.29 is 4.74 Å². The number of para-hydroxylation sites is 1. The topological polar surface area (TPSA) is 38.5 Å². The minimum absolute atomic E-state index is 0.0746. The van der Waals surface area contributed by atoms with E-state index in [2.05, 4.69) is 30.9 Å². The van der Waals surface area contributed by atoms with Crippen molar-refractivity contribution in [1.82, 2.24) is 4.90 Å². The summed E-state index contributed by atoms with van der Waals surface area (Å²) in [5.41, 5.74) is 7.71. The molecule has 0 bridgehead atoms. The number of nitrogens with two attached hydrogens (primary N) is 1. The molecule has 0 radical (unpaired) electrons. The second kappa shape index (κ2) is 6.37. The zero-order valence-electron chi connectivity index (χ0n) is 13.3. The molecule has 0 aromatic heterocycles. The lowest BCUT2D eigenvalue weighted by Crippen LogP contribution is -2.49. The molecule has 2 N–H and O–H groups in total. The fourth-order valence-corrected chi connectivity index (χ4v) is 3.85. The highest BCUT2D eigenvalue weighted by Crippen LogP contribution is 2.34. The Kier molecular flexibility index (Phi) is 4.51. The molecule has 0 aliphatic carbocycles. The monoisotopic (exact) mass is 288 g/mol. The summed E-state index contributed by atoms with van der Waals surface area (Å²) in [6, 6.07) is 8.62. The normalized spacial score (nSPS) is 30.6. The molecule has 0 saturated carbocycles. The summed E-state index contributed by atoms with van der Waals surface area (Å²) >= 11 is 0. The molecule has 3 unspecified atom stereocenters. The van der Waals surface area contributed by atoms with Gasteiger partial charge in [0.15, 0.2) is 0 Å². The number of rotatable bonds is 2. The van der Waals surface area contributed by atoms with Crippen molar-refractivity contribution >= 4 is 0 Å². The van der Waals surface area contributed by atoms with Gasteiger partial charge in [0.05, 0.1) is 12.1 Å². The molecule has 21 heavy (non-hydrogen) atoms. The van der Waals surface area contributed by atoms with Gasteiger partial charge in [-0.1, -0.05) is 32.0 Å². The van der Waals surface area contributed by atoms with E-state index in [9.17, 15) is 0 Å². The predicted octanol–water partition coefficient (Wildman–Crippen LogP) is 3.21. The van der Waals surface area contributed by atoms with Crippen LogP contribution in [0.5, 0.6) is 5.75 Å². The summed E-state index contributed by atoms with van der Waals surface area (Å²) in [5.74, 6) is 2.63. The molecule has 0 spiro atoms. The van der Waals surface area contributed by atoms with E-state index in [1.165, 1.54) is 24.8 Å². The fraction of sp³-hybridized carbons (Fsp3) is 0.667. The van der Waals surface area contributed by atoms with Crippen molar-refractivity contribution in [2.45, 2.75) is 45.2 Å². The van der Waals surface area contributed by atoms with Gasteiger partial charge in [0.2, 0.25) is 0 Å². The summed E-state index contributed by atoms with van der Waals surface area (Å²) < 4.78 is 5.95. The van der Waals surface area contributed by atoms with Gasteiger partial charge < -0.3 is 10.5 Å². The summed E-state index contributed by atoms with van der Waals surface area (Å²) in [5, 5.41) is 0. The van der Waals surface area contributed by atoms with Crippen LogP contribution in [0.15, 0.2) is 24.3 Å². The number of nitrogens with zero attached hydrogens (tertiary/aromatic N) is 1. The van der Waals surface area contributed by atoms with E-state index in [0.717, 1.165) is 37.3 Å². The van der Waals surface area contributed by atoms with E-state index in [1.807, 2.05) is 12.1 Å². The standard InChI is InChI=1S/C18H28N2O/c1-13(2)14-6-5-10-20(11-9-14)16-12-21-17-8-4-3-7-15(17)18(16)19/h3-4,7-8,13-14,16,18H,5-6,9-12,19H2,1-2H3. The van der Waals surface area contributed by atoms with Gasteiger partial charge in [-0.2, -0.15) is 0 Å². The predicted molar refractivity (Wildman–Crippen MR) is 86.4 cm³/mol. The first kappa shape index (κ1) is 14.9. The van der Waals surface area contributed by atoms with Crippen LogP contribution in [0.4, 0.5) is 0 Å². The van der Waals surface area contributed by atoms with E-state index in [1.54, 1.807) is 0 Å². The highest BCUT2D eigenvalue weighted by molar-refractivity contribution is 5.38. The van der Waals surface area contributed by atoms with Crippen molar-refractivity contribution in [2.24, 2.45) is 17.6 Å². The maximum atomic E-state index is 6.55. The molecule has 2 heterocycles. The van der Waals surface area contributed by atoms with Gasteiger partial charge in [-0.3, -0.25) is 4.90 Å². The number of hydrogen-bond donors (Lipinski definition) is 1. The van der Waals surface area contributed by atoms with Gasteiger partial charge in [-0.05, 0) is 50.3 Å². The van der Waals surface area contributed by atoms with Crippen molar-refractivity contribution in [3.05, 3.63) is 29.8 Å². The molecule has 1 fully saturated rings. The highest BCUT2D eigenvalue weighted by atomic mass is 16.5. The average Bonchev–Trinajstić information content (AvgIpc) is 2.74. The lowest BCUT2D eigenvalue weighted by molar-refractivity contribution is 0.0989. The molecule has 1 aromatic rings. The van der Waals surface area contributed by atoms with Crippen molar-refractivity contribution in [3.8, 4) is 5.75 Å². The van der Waals surface area contributed by atoms with Crippen molar-refractivity contribution in [2.75, 3.05) is 19.7 Å². The van der Waals surface area contributed by atoms with Gasteiger partial charge in [0, 0.05) is 5.56 Å². The Hall–Kier alpha value is -1.06. The average molecular weight is 288 g/mol. The quantitative estimate of drug-likeness (QED) is 0.908. The van der Waals surface area contributed by atoms with E-state index in [0.29, 0.717) is 6.04 Å². The fourth-order valence-electron chi connectivity index (χ4n) is 3.85. The summed E-state index contributed by atoms with van der Waals surface area (Å²) in [6.45, 7) is 7.75. The van der Waals surface area contributed by atoms with Crippen LogP contribution < -0.4 is 10.5 Å². The van der Waals surface area contributed by atoms with Crippen LogP contribution in [0, 0.1) is 11.8 Å². The Morgan fingerprint density at radius 2 is 2.00 bits per heavy atom. The first-order valence-electron chi connectivity index (χ1n) is 8.38. The summed E-state index contributed by atoms with van der Waals surface area (Å²) in [4.78, 5) is 2.57. The third kappa shape index (κ3) is 3.09. The van der Waals surface area contributed by atoms with Gasteiger partial charge in [0.1, 0.15) is 12.4 Å². The van der Waals surface area contributed by atoms with Crippen LogP contribution in [0.2, 0.25) is 0 Å². The molecule has 116 valence electrons. The van der Waals surface area contributed by atoms with Gasteiger partial charge in [0.25, 0.3) is 0 Å². The zero-order chi connectivity index (χ0) is 14.8. The van der Waals surface area contributed by atoms with Crippen LogP contribution in [0.1, 0.15) is 44.7 Å². The SMILES string of the molecule is CC(C)C1CCCN(C2COc3ccccc3C2N)CC1. The molecule has 2 aliphatic rings. The van der Waals surface area contributed by atoms with Gasteiger partial charge >= 0.3 is 0 Å². The third-order valence-electron chi connectivity index (χ3n) is 5.32. The first-order chi connectivity index (χ1) is 10.2. The Morgan fingerprint density at radius 3 is 2.81 bits per heavy atom. The molecule has 3 rings (SSSR count). The second-order valence-electron chi connectivity index (χ2n) is 6.91. The molecule has 3 atom stereocenters. The van der Waals surface area contributed by atoms with Gasteiger partial charge in [-0.15, -0.1) is 0 Å². The molecule has 0 amide bonds. The maximum Gasteiger partial charge on any atom is 0.124 e. The van der Waals surface area contributed by atoms with Crippen LogP contribution in [-0.2, 0) is 0 Å². The molecule has 3 heteroatoms. The van der Waals surface area contributed by atoms with E-state index in [4.69, 9.17) is 10.5 Å². The summed E-state index contributed by atoms with van der Waals surface area (Å²) in [7, 11) is 0. The first-order valence-corrected chi connectivity index (χ1v) is 8.38. The van der Waals surface area contributed by atoms with Crippen LogP contribution in [-0.4, -0.2) is 30.6 Å². The maximum absolute atomic E-state index is 6.55. The zero-order valence-corrected chi connectivity index (χ0v) is 13.3. The lowest BCUT2D eigenvalue weighted by Gasteiger charge is -2.38. The molecular formula is C18H28N2O. The Bertz CT molecular complexity index is 474. The molecule has 2 aliphatic heterocycles. The second-order valence-corrected chi connectivity index (χ2v) is 6.91. The van der Waals surface area contributed by atoms with Crippen LogP contribution >= 0.6 is 0 Å². The van der Waals surface area contributed by atoms with E-state index in [-0.39, 0.29) is 6.04 Å². The number of hydrogen-bond acceptors (Lipinski definition) is 3. The Balaban J connectivity index is 1.70. The number of likely N-dealkylation sites (tertiary alicyclic amines) is 1. The molecule has 3 nitrogen and oxygen atoms in total. The smallest absolute Gasteiger partial charge is 0.124 e. The van der Waals surface area contributed by atoms with Crippen LogP contribution in [0.25, 0.3) is 0 Å². The third-order valence-corrected chi connectivity index (χ3v) is 5.32. The van der Waals surface area contributed by atoms with E-state index < -0.39 is 0 Å². The van der Waals surface area contributed by atoms with E-state index >= 15 is 0 Å². The number of ether oxygens (including phenoxy) is 1. The minimum Gasteiger partial charge on any atom is -0.492 e. The Labute approximate surface area is 128 Å². The van der Waals surface area contributed by atoms with Crippen LogP contribution in [0.3, 0.4) is 0 Å². The number of benzene rings is 1. The molecular weight excluding hydrogens is 260 g/mol. The molecule has 1 saturated heterocycles. The van der Waals surface area contributed by atoms with Crippen molar-refractivity contribution in [1.29, 1.82) is 0 Å². The largest absolute Gasteiger partial charge is 0.492 e. The van der Waals surface area contributed by atoms with Crippen molar-refractivity contribution in [3.63, 3.8) is 0 Å². The van der Waals surface area contributed by atoms with Gasteiger partial charge in [-0.25, -0.2) is 0 Å². The highest BCUT2D eigenvalue weighted by Gasteiger charge is 2.33. The minimum atomic E-state index is 0.0746. The molecule has 1 aromatic carbocycles.